The van der Waals surface area contributed by atoms with Gasteiger partial charge >= 0.3 is 5.97 Å². The maximum absolute atomic E-state index is 10.9. The second kappa shape index (κ2) is 5.69. The molecule has 16 heavy (non-hydrogen) atoms. The number of ether oxygens (including phenoxy) is 3. The minimum Gasteiger partial charge on any atom is -0.481 e. The molecule has 1 aromatic heterocycles. The van der Waals surface area contributed by atoms with Gasteiger partial charge in [0.1, 0.15) is 0 Å². The molecule has 1 rings (SSSR count). The van der Waals surface area contributed by atoms with E-state index in [2.05, 4.69) is 14.7 Å². The van der Waals surface area contributed by atoms with Gasteiger partial charge in [-0.15, -0.1) is 0 Å². The first-order valence-corrected chi connectivity index (χ1v) is 4.42. The Morgan fingerprint density at radius 1 is 1.19 bits per heavy atom. The second-order valence-electron chi connectivity index (χ2n) is 2.67. The third-order valence-corrected chi connectivity index (χ3v) is 1.68. The average molecular weight is 224 g/mol. The van der Waals surface area contributed by atoms with E-state index >= 15 is 0 Å². The van der Waals surface area contributed by atoms with Crippen molar-refractivity contribution in [2.45, 2.75) is 0 Å². The first kappa shape index (κ1) is 12.0. The van der Waals surface area contributed by atoms with Crippen molar-refractivity contribution < 1.29 is 19.0 Å². The summed E-state index contributed by atoms with van der Waals surface area (Å²) in [5, 5.41) is 0. The molecule has 6 heteroatoms. The van der Waals surface area contributed by atoms with Gasteiger partial charge in [0.2, 0.25) is 11.8 Å². The Labute approximate surface area is 92.9 Å². The molecule has 0 atom stereocenters. The van der Waals surface area contributed by atoms with Gasteiger partial charge in [-0.25, -0.2) is 4.79 Å². The Bertz CT molecular complexity index is 382. The molecule has 0 fully saturated rings. The highest BCUT2D eigenvalue weighted by Gasteiger charge is 2.03. The van der Waals surface area contributed by atoms with E-state index in [9.17, 15) is 4.79 Å². The minimum atomic E-state index is -0.481. The minimum absolute atomic E-state index is 0.307. The molecule has 86 valence electrons. The van der Waals surface area contributed by atoms with Crippen LogP contribution in [0.5, 0.6) is 11.8 Å². The molecule has 0 aromatic carbocycles. The monoisotopic (exact) mass is 224 g/mol. The predicted octanol–water partition coefficient (Wildman–Crippen LogP) is 0.680. The zero-order valence-corrected chi connectivity index (χ0v) is 9.26. The summed E-state index contributed by atoms with van der Waals surface area (Å²) in [5.74, 6) is 0.541. The first-order valence-electron chi connectivity index (χ1n) is 4.42. The van der Waals surface area contributed by atoms with E-state index in [1.165, 1.54) is 39.5 Å². The SMILES string of the molecule is COC(=O)/C=C/c1nc(OC)cc(OC)n1. The number of carbonyl (C=O) groups is 1. The maximum Gasteiger partial charge on any atom is 0.330 e. The van der Waals surface area contributed by atoms with Crippen LogP contribution < -0.4 is 9.47 Å². The molecule has 0 aliphatic carbocycles. The highest BCUT2D eigenvalue weighted by Crippen LogP contribution is 2.15. The molecule has 0 amide bonds. The van der Waals surface area contributed by atoms with Gasteiger partial charge in [0.25, 0.3) is 0 Å². The van der Waals surface area contributed by atoms with E-state index in [0.717, 1.165) is 0 Å². The van der Waals surface area contributed by atoms with Gasteiger partial charge in [0.05, 0.1) is 27.4 Å². The standard InChI is InChI=1S/C10H12N2O4/c1-14-8-6-9(15-2)12-7(11-8)4-5-10(13)16-3/h4-6H,1-3H3/b5-4+. The lowest BCUT2D eigenvalue weighted by atomic mass is 10.4. The van der Waals surface area contributed by atoms with Crippen molar-refractivity contribution in [1.29, 1.82) is 0 Å². The van der Waals surface area contributed by atoms with E-state index in [0.29, 0.717) is 17.6 Å². The fraction of sp³-hybridized carbons (Fsp3) is 0.300. The van der Waals surface area contributed by atoms with Gasteiger partial charge in [0, 0.05) is 6.08 Å². The summed E-state index contributed by atoms with van der Waals surface area (Å²) >= 11 is 0. The molecule has 0 spiro atoms. The number of nitrogens with zero attached hydrogens (tertiary/aromatic N) is 2. The Balaban J connectivity index is 2.95. The average Bonchev–Trinajstić information content (AvgIpc) is 2.35. The smallest absolute Gasteiger partial charge is 0.330 e. The van der Waals surface area contributed by atoms with Crippen molar-refractivity contribution in [2.75, 3.05) is 21.3 Å². The van der Waals surface area contributed by atoms with Crippen LogP contribution in [-0.4, -0.2) is 37.3 Å². The number of hydrogen-bond acceptors (Lipinski definition) is 6. The summed E-state index contributed by atoms with van der Waals surface area (Å²) in [6.07, 6.45) is 2.63. The van der Waals surface area contributed by atoms with Crippen LogP contribution in [0.25, 0.3) is 6.08 Å². The fourth-order valence-electron chi connectivity index (χ4n) is 0.915. The Kier molecular flexibility index (Phi) is 4.26. The molecule has 0 N–H and O–H groups in total. The highest BCUT2D eigenvalue weighted by atomic mass is 16.5. The summed E-state index contributed by atoms with van der Waals surface area (Å²) in [5.41, 5.74) is 0. The third kappa shape index (κ3) is 3.23. The topological polar surface area (TPSA) is 70.5 Å². The van der Waals surface area contributed by atoms with Crippen LogP contribution >= 0.6 is 0 Å². The van der Waals surface area contributed by atoms with Crippen molar-refractivity contribution in [1.82, 2.24) is 9.97 Å². The van der Waals surface area contributed by atoms with E-state index in [1.54, 1.807) is 0 Å². The van der Waals surface area contributed by atoms with Crippen LogP contribution in [-0.2, 0) is 9.53 Å². The zero-order chi connectivity index (χ0) is 12.0. The van der Waals surface area contributed by atoms with Crippen LogP contribution in [0.3, 0.4) is 0 Å². The number of methoxy groups -OCH3 is 3. The van der Waals surface area contributed by atoms with Crippen LogP contribution in [0.4, 0.5) is 0 Å². The van der Waals surface area contributed by atoms with Crippen LogP contribution in [0.2, 0.25) is 0 Å². The molecule has 0 saturated carbocycles. The lowest BCUT2D eigenvalue weighted by Gasteiger charge is -2.03. The first-order chi connectivity index (χ1) is 7.69. The number of hydrogen-bond donors (Lipinski definition) is 0. The predicted molar refractivity (Wildman–Crippen MR) is 56.2 cm³/mol. The molecular weight excluding hydrogens is 212 g/mol. The van der Waals surface area contributed by atoms with E-state index < -0.39 is 5.97 Å². The van der Waals surface area contributed by atoms with Crippen molar-refractivity contribution in [3.8, 4) is 11.8 Å². The lowest BCUT2D eigenvalue weighted by Crippen LogP contribution is -1.98. The Morgan fingerprint density at radius 2 is 1.75 bits per heavy atom. The van der Waals surface area contributed by atoms with E-state index in [1.807, 2.05) is 0 Å². The quantitative estimate of drug-likeness (QED) is 0.553. The molecule has 0 aliphatic heterocycles. The summed E-state index contributed by atoms with van der Waals surface area (Å²) < 4.78 is 14.3. The normalized spacial score (nSPS) is 10.2. The summed E-state index contributed by atoms with van der Waals surface area (Å²) in [7, 11) is 4.25. The maximum atomic E-state index is 10.9. The van der Waals surface area contributed by atoms with Gasteiger partial charge in [0.15, 0.2) is 5.82 Å². The summed E-state index contributed by atoms with van der Waals surface area (Å²) in [6.45, 7) is 0. The highest BCUT2D eigenvalue weighted by molar-refractivity contribution is 5.86. The zero-order valence-electron chi connectivity index (χ0n) is 9.26. The van der Waals surface area contributed by atoms with Crippen LogP contribution in [0.1, 0.15) is 5.82 Å². The van der Waals surface area contributed by atoms with Gasteiger partial charge < -0.3 is 14.2 Å². The van der Waals surface area contributed by atoms with Crippen molar-refractivity contribution in [2.24, 2.45) is 0 Å². The van der Waals surface area contributed by atoms with Crippen molar-refractivity contribution in [3.05, 3.63) is 18.0 Å². The third-order valence-electron chi connectivity index (χ3n) is 1.68. The van der Waals surface area contributed by atoms with Gasteiger partial charge in [-0.2, -0.15) is 9.97 Å². The number of carbonyl (C=O) groups excluding carboxylic acids is 1. The molecule has 0 bridgehead atoms. The molecule has 6 nitrogen and oxygen atoms in total. The number of aromatic nitrogens is 2. The number of rotatable bonds is 4. The molecular formula is C10H12N2O4. The summed E-state index contributed by atoms with van der Waals surface area (Å²) in [6, 6.07) is 1.54. The molecule has 1 aromatic rings. The van der Waals surface area contributed by atoms with E-state index in [-0.39, 0.29) is 0 Å². The second-order valence-corrected chi connectivity index (χ2v) is 2.67. The van der Waals surface area contributed by atoms with E-state index in [4.69, 9.17) is 9.47 Å². The Morgan fingerprint density at radius 3 is 2.19 bits per heavy atom. The molecule has 1 heterocycles. The molecule has 0 aliphatic rings. The largest absolute Gasteiger partial charge is 0.481 e. The van der Waals surface area contributed by atoms with Crippen LogP contribution in [0.15, 0.2) is 12.1 Å². The summed E-state index contributed by atoms with van der Waals surface area (Å²) in [4.78, 5) is 18.9. The fourth-order valence-corrected chi connectivity index (χ4v) is 0.915. The van der Waals surface area contributed by atoms with Gasteiger partial charge in [-0.1, -0.05) is 0 Å². The van der Waals surface area contributed by atoms with Gasteiger partial charge in [-0.05, 0) is 6.08 Å². The number of esters is 1. The van der Waals surface area contributed by atoms with Crippen molar-refractivity contribution in [3.63, 3.8) is 0 Å². The Hall–Kier alpha value is -2.11. The molecule has 0 radical (unpaired) electrons. The van der Waals surface area contributed by atoms with Crippen molar-refractivity contribution >= 4 is 12.0 Å². The lowest BCUT2D eigenvalue weighted by molar-refractivity contribution is -0.134. The van der Waals surface area contributed by atoms with Crippen LogP contribution in [0, 0.1) is 0 Å². The molecule has 0 unspecified atom stereocenters. The van der Waals surface area contributed by atoms with Gasteiger partial charge in [-0.3, -0.25) is 0 Å². The molecule has 0 saturated heterocycles.